The van der Waals surface area contributed by atoms with Crippen molar-refractivity contribution in [1.82, 2.24) is 0 Å². The summed E-state index contributed by atoms with van der Waals surface area (Å²) in [4.78, 5) is 0. The smallest absolute Gasteiger partial charge is 0.186 e. The highest BCUT2D eigenvalue weighted by Gasteiger charge is 2.42. The lowest BCUT2D eigenvalue weighted by molar-refractivity contribution is -0.302. The second-order valence-corrected chi connectivity index (χ2v) is 4.42. The van der Waals surface area contributed by atoms with Crippen LogP contribution in [0.5, 0.6) is 0 Å². The van der Waals surface area contributed by atoms with Crippen molar-refractivity contribution in [3.05, 3.63) is 0 Å². The van der Waals surface area contributed by atoms with Gasteiger partial charge in [0.25, 0.3) is 0 Å². The van der Waals surface area contributed by atoms with Crippen LogP contribution in [0.4, 0.5) is 0 Å². The average Bonchev–Trinajstić information content (AvgIpc) is 2.23. The maximum Gasteiger partial charge on any atom is 0.186 e. The van der Waals surface area contributed by atoms with Gasteiger partial charge in [-0.1, -0.05) is 13.3 Å². The van der Waals surface area contributed by atoms with Crippen molar-refractivity contribution < 1.29 is 24.8 Å². The molecule has 0 amide bonds. The van der Waals surface area contributed by atoms with Gasteiger partial charge in [-0.05, 0) is 20.3 Å². The van der Waals surface area contributed by atoms with Gasteiger partial charge < -0.3 is 24.8 Å². The van der Waals surface area contributed by atoms with Crippen molar-refractivity contribution in [2.75, 3.05) is 0 Å². The van der Waals surface area contributed by atoms with E-state index in [2.05, 4.69) is 0 Å². The molecule has 1 aliphatic heterocycles. The second kappa shape index (κ2) is 5.93. The first-order valence-corrected chi connectivity index (χ1v) is 5.82. The average molecular weight is 234 g/mol. The standard InChI is InChI=1S/C11H22O5/c1-4-5-6(2)15-11-10(14)9(13)8(12)7(3)16-11/h6-14H,4-5H2,1-3H3/t6?,7-,8-,9+,10+,11+/m0/s1. The van der Waals surface area contributed by atoms with Crippen molar-refractivity contribution in [2.45, 2.75) is 70.4 Å². The summed E-state index contributed by atoms with van der Waals surface area (Å²) >= 11 is 0. The normalized spacial score (nSPS) is 42.0. The maximum absolute atomic E-state index is 9.68. The molecule has 1 saturated heterocycles. The molecule has 1 heterocycles. The molecule has 0 aromatic carbocycles. The highest BCUT2D eigenvalue weighted by atomic mass is 16.7. The third-order valence-electron chi connectivity index (χ3n) is 2.87. The maximum atomic E-state index is 9.68. The molecule has 0 bridgehead atoms. The van der Waals surface area contributed by atoms with Crippen molar-refractivity contribution in [3.8, 4) is 0 Å². The Kier molecular flexibility index (Phi) is 5.14. The minimum Gasteiger partial charge on any atom is -0.388 e. The third kappa shape index (κ3) is 3.15. The minimum atomic E-state index is -1.22. The topological polar surface area (TPSA) is 79.2 Å². The van der Waals surface area contributed by atoms with E-state index in [9.17, 15) is 15.3 Å². The van der Waals surface area contributed by atoms with Crippen LogP contribution in [-0.2, 0) is 9.47 Å². The summed E-state index contributed by atoms with van der Waals surface area (Å²) in [6.45, 7) is 5.57. The van der Waals surface area contributed by atoms with Crippen LogP contribution in [0, 0.1) is 0 Å². The van der Waals surface area contributed by atoms with Crippen LogP contribution in [0.2, 0.25) is 0 Å². The van der Waals surface area contributed by atoms with Crippen LogP contribution >= 0.6 is 0 Å². The predicted octanol–water partition coefficient (Wildman–Crippen LogP) is 0.0191. The fourth-order valence-corrected chi connectivity index (χ4v) is 1.83. The van der Waals surface area contributed by atoms with Crippen LogP contribution in [0.25, 0.3) is 0 Å². The highest BCUT2D eigenvalue weighted by molar-refractivity contribution is 4.87. The van der Waals surface area contributed by atoms with Gasteiger partial charge in [-0.2, -0.15) is 0 Å². The SMILES string of the molecule is CCCC(C)O[C@@H]1O[C@@H](C)[C@H](O)[C@@H](O)[C@H]1O. The fourth-order valence-electron chi connectivity index (χ4n) is 1.83. The number of aliphatic hydroxyl groups excluding tert-OH is 3. The molecule has 0 radical (unpaired) electrons. The summed E-state index contributed by atoms with van der Waals surface area (Å²) in [7, 11) is 0. The third-order valence-corrected chi connectivity index (χ3v) is 2.87. The number of hydrogen-bond acceptors (Lipinski definition) is 5. The number of hydrogen-bond donors (Lipinski definition) is 3. The molecule has 5 heteroatoms. The molecule has 0 aromatic heterocycles. The molecule has 0 aliphatic carbocycles. The lowest BCUT2D eigenvalue weighted by Gasteiger charge is -2.39. The lowest BCUT2D eigenvalue weighted by atomic mass is 10.00. The van der Waals surface area contributed by atoms with Gasteiger partial charge in [-0.3, -0.25) is 0 Å². The fraction of sp³-hybridized carbons (Fsp3) is 1.00. The summed E-state index contributed by atoms with van der Waals surface area (Å²) < 4.78 is 10.8. The summed E-state index contributed by atoms with van der Waals surface area (Å²) in [5.41, 5.74) is 0. The Morgan fingerprint density at radius 1 is 1.19 bits per heavy atom. The summed E-state index contributed by atoms with van der Waals surface area (Å²) in [6, 6.07) is 0. The van der Waals surface area contributed by atoms with Crippen molar-refractivity contribution in [3.63, 3.8) is 0 Å². The van der Waals surface area contributed by atoms with Gasteiger partial charge in [0, 0.05) is 0 Å². The van der Waals surface area contributed by atoms with E-state index >= 15 is 0 Å². The second-order valence-electron chi connectivity index (χ2n) is 4.42. The van der Waals surface area contributed by atoms with Crippen LogP contribution in [-0.4, -0.2) is 52.1 Å². The minimum absolute atomic E-state index is 0.0423. The first-order valence-electron chi connectivity index (χ1n) is 5.82. The Balaban J connectivity index is 2.53. The van der Waals surface area contributed by atoms with E-state index in [-0.39, 0.29) is 6.10 Å². The molecule has 0 saturated carbocycles. The van der Waals surface area contributed by atoms with E-state index < -0.39 is 30.7 Å². The van der Waals surface area contributed by atoms with E-state index in [4.69, 9.17) is 9.47 Å². The summed E-state index contributed by atoms with van der Waals surface area (Å²) in [6.07, 6.45) is -3.11. The molecule has 0 aromatic rings. The zero-order chi connectivity index (χ0) is 12.3. The lowest BCUT2D eigenvalue weighted by Crippen LogP contribution is -2.57. The Bertz CT molecular complexity index is 211. The van der Waals surface area contributed by atoms with E-state index in [0.29, 0.717) is 0 Å². The Morgan fingerprint density at radius 3 is 2.38 bits per heavy atom. The van der Waals surface area contributed by atoms with Crippen molar-refractivity contribution in [1.29, 1.82) is 0 Å². The first-order chi connectivity index (χ1) is 7.47. The molecule has 1 aliphatic rings. The molecular formula is C11H22O5. The van der Waals surface area contributed by atoms with E-state index in [1.54, 1.807) is 6.92 Å². The molecule has 1 unspecified atom stereocenters. The molecule has 1 fully saturated rings. The Hall–Kier alpha value is -0.200. The van der Waals surface area contributed by atoms with Crippen LogP contribution in [0.3, 0.4) is 0 Å². The Morgan fingerprint density at radius 2 is 1.81 bits per heavy atom. The van der Waals surface area contributed by atoms with Gasteiger partial charge in [0.1, 0.15) is 18.3 Å². The van der Waals surface area contributed by atoms with Crippen LogP contribution < -0.4 is 0 Å². The van der Waals surface area contributed by atoms with E-state index in [1.165, 1.54) is 0 Å². The number of aliphatic hydroxyl groups is 3. The summed E-state index contributed by atoms with van der Waals surface area (Å²) in [5.74, 6) is 0. The first kappa shape index (κ1) is 13.9. The van der Waals surface area contributed by atoms with Gasteiger partial charge >= 0.3 is 0 Å². The highest BCUT2D eigenvalue weighted by Crippen LogP contribution is 2.23. The van der Waals surface area contributed by atoms with Crippen molar-refractivity contribution in [2.24, 2.45) is 0 Å². The van der Waals surface area contributed by atoms with E-state index in [1.807, 2.05) is 13.8 Å². The zero-order valence-electron chi connectivity index (χ0n) is 10.0. The zero-order valence-corrected chi connectivity index (χ0v) is 10.0. The van der Waals surface area contributed by atoms with Crippen molar-refractivity contribution >= 4 is 0 Å². The molecule has 96 valence electrons. The van der Waals surface area contributed by atoms with Gasteiger partial charge in [0.05, 0.1) is 12.2 Å². The van der Waals surface area contributed by atoms with Gasteiger partial charge in [-0.25, -0.2) is 0 Å². The monoisotopic (exact) mass is 234 g/mol. The van der Waals surface area contributed by atoms with Crippen LogP contribution in [0.1, 0.15) is 33.6 Å². The van der Waals surface area contributed by atoms with Crippen LogP contribution in [0.15, 0.2) is 0 Å². The quantitative estimate of drug-likeness (QED) is 0.639. The number of rotatable bonds is 4. The molecule has 1 rings (SSSR count). The molecule has 6 atom stereocenters. The predicted molar refractivity (Wildman–Crippen MR) is 57.8 cm³/mol. The largest absolute Gasteiger partial charge is 0.388 e. The number of ether oxygens (including phenoxy) is 2. The summed E-state index contributed by atoms with van der Waals surface area (Å²) in [5, 5.41) is 28.7. The molecular weight excluding hydrogens is 212 g/mol. The molecule has 5 nitrogen and oxygen atoms in total. The van der Waals surface area contributed by atoms with Gasteiger partial charge in [-0.15, -0.1) is 0 Å². The molecule has 3 N–H and O–H groups in total. The Labute approximate surface area is 96.0 Å². The van der Waals surface area contributed by atoms with E-state index in [0.717, 1.165) is 12.8 Å². The molecule has 0 spiro atoms. The van der Waals surface area contributed by atoms with Gasteiger partial charge in [0.15, 0.2) is 6.29 Å². The molecule has 16 heavy (non-hydrogen) atoms. The van der Waals surface area contributed by atoms with Gasteiger partial charge in [0.2, 0.25) is 0 Å².